The molecule has 0 bridgehead atoms. The van der Waals surface area contributed by atoms with Crippen LogP contribution in [0.1, 0.15) is 10.6 Å². The van der Waals surface area contributed by atoms with Crippen molar-refractivity contribution in [1.82, 2.24) is 10.2 Å². The molecule has 7 nitrogen and oxygen atoms in total. The third-order valence-corrected chi connectivity index (χ3v) is 4.89. The van der Waals surface area contributed by atoms with Gasteiger partial charge >= 0.3 is 5.97 Å². The largest absolute Gasteiger partial charge is 0.450 e. The third kappa shape index (κ3) is 4.18. The number of esters is 1. The van der Waals surface area contributed by atoms with Gasteiger partial charge in [-0.05, 0) is 12.1 Å². The molecular formula is C16H14N2O5S2. The second-order valence-electron chi connectivity index (χ2n) is 5.17. The Morgan fingerprint density at radius 2 is 2.16 bits per heavy atom. The standard InChI is InChI=1S/C16H14N2O5S2/c19-13(17-5-6-18-14(20)9-25-16(18)24)8-22-15(21)12-7-10-3-1-2-4-11(10)23-12/h1-4,7H,5-6,8-9H2,(H,17,19). The van der Waals surface area contributed by atoms with Crippen LogP contribution in [0.5, 0.6) is 0 Å². The first kappa shape index (κ1) is 17.4. The number of rotatable bonds is 6. The van der Waals surface area contributed by atoms with Crippen LogP contribution >= 0.6 is 24.0 Å². The van der Waals surface area contributed by atoms with Crippen LogP contribution in [0.25, 0.3) is 11.0 Å². The number of thioether (sulfide) groups is 1. The molecular weight excluding hydrogens is 364 g/mol. The number of furan rings is 1. The molecule has 0 radical (unpaired) electrons. The van der Waals surface area contributed by atoms with Gasteiger partial charge in [-0.2, -0.15) is 0 Å². The molecule has 1 aromatic carbocycles. The number of carbonyl (C=O) groups is 3. The highest BCUT2D eigenvalue weighted by molar-refractivity contribution is 8.23. The van der Waals surface area contributed by atoms with Gasteiger partial charge < -0.3 is 14.5 Å². The van der Waals surface area contributed by atoms with Gasteiger partial charge in [-0.15, -0.1) is 0 Å². The molecule has 25 heavy (non-hydrogen) atoms. The lowest BCUT2D eigenvalue weighted by Crippen LogP contribution is -2.38. The van der Waals surface area contributed by atoms with E-state index in [1.807, 2.05) is 12.1 Å². The normalized spacial score (nSPS) is 14.2. The first-order chi connectivity index (χ1) is 12.0. The number of nitrogens with zero attached hydrogens (tertiary/aromatic N) is 1. The minimum atomic E-state index is -0.710. The van der Waals surface area contributed by atoms with E-state index in [9.17, 15) is 14.4 Å². The number of hydrogen-bond acceptors (Lipinski definition) is 7. The van der Waals surface area contributed by atoms with Crippen LogP contribution in [-0.2, 0) is 14.3 Å². The van der Waals surface area contributed by atoms with E-state index in [0.29, 0.717) is 22.2 Å². The lowest BCUT2D eigenvalue weighted by molar-refractivity contribution is -0.126. The first-order valence-electron chi connectivity index (χ1n) is 7.44. The van der Waals surface area contributed by atoms with Gasteiger partial charge in [-0.3, -0.25) is 14.5 Å². The second kappa shape index (κ2) is 7.66. The molecule has 9 heteroatoms. The van der Waals surface area contributed by atoms with E-state index in [4.69, 9.17) is 21.4 Å². The summed E-state index contributed by atoms with van der Waals surface area (Å²) in [6, 6.07) is 8.73. The monoisotopic (exact) mass is 378 g/mol. The molecule has 1 aliphatic heterocycles. The SMILES string of the molecule is O=C(COC(=O)c1cc2ccccc2o1)NCCN1C(=O)CSC1=S. The van der Waals surface area contributed by atoms with Gasteiger partial charge in [0.15, 0.2) is 6.61 Å². The second-order valence-corrected chi connectivity index (χ2v) is 6.78. The lowest BCUT2D eigenvalue weighted by atomic mass is 10.2. The van der Waals surface area contributed by atoms with E-state index < -0.39 is 18.5 Å². The maximum atomic E-state index is 11.9. The van der Waals surface area contributed by atoms with Crippen LogP contribution in [0.4, 0.5) is 0 Å². The predicted octanol–water partition coefficient (Wildman–Crippen LogP) is 1.57. The summed E-state index contributed by atoms with van der Waals surface area (Å²) in [6.07, 6.45) is 0. The summed E-state index contributed by atoms with van der Waals surface area (Å²) in [5.41, 5.74) is 0.572. The van der Waals surface area contributed by atoms with Crippen LogP contribution < -0.4 is 5.32 Å². The molecule has 1 aromatic heterocycles. The molecule has 1 saturated heterocycles. The van der Waals surface area contributed by atoms with E-state index >= 15 is 0 Å². The number of para-hydroxylation sites is 1. The highest BCUT2D eigenvalue weighted by Crippen LogP contribution is 2.19. The van der Waals surface area contributed by atoms with Crippen molar-refractivity contribution in [1.29, 1.82) is 0 Å². The predicted molar refractivity (Wildman–Crippen MR) is 96.3 cm³/mol. The lowest BCUT2D eigenvalue weighted by Gasteiger charge is -2.14. The average molecular weight is 378 g/mol. The van der Waals surface area contributed by atoms with E-state index in [2.05, 4.69) is 5.32 Å². The van der Waals surface area contributed by atoms with Gasteiger partial charge in [0, 0.05) is 18.5 Å². The zero-order chi connectivity index (χ0) is 17.8. The highest BCUT2D eigenvalue weighted by Gasteiger charge is 2.26. The average Bonchev–Trinajstić information content (AvgIpc) is 3.17. The van der Waals surface area contributed by atoms with E-state index in [1.165, 1.54) is 16.7 Å². The molecule has 1 N–H and O–H groups in total. The molecule has 2 heterocycles. The Labute approximate surface area is 152 Å². The Morgan fingerprint density at radius 1 is 1.36 bits per heavy atom. The van der Waals surface area contributed by atoms with Gasteiger partial charge in [-0.25, -0.2) is 4.79 Å². The van der Waals surface area contributed by atoms with Gasteiger partial charge in [0.2, 0.25) is 11.7 Å². The zero-order valence-corrected chi connectivity index (χ0v) is 14.7. The number of carbonyl (C=O) groups excluding carboxylic acids is 3. The number of ether oxygens (including phenoxy) is 1. The Bertz CT molecular complexity index is 799. The summed E-state index contributed by atoms with van der Waals surface area (Å²) in [4.78, 5) is 36.6. The van der Waals surface area contributed by atoms with Crippen LogP contribution in [0.2, 0.25) is 0 Å². The summed E-state index contributed by atoms with van der Waals surface area (Å²) in [7, 11) is 0. The first-order valence-corrected chi connectivity index (χ1v) is 8.83. The van der Waals surface area contributed by atoms with Gasteiger partial charge in [0.05, 0.1) is 5.75 Å². The number of hydrogen-bond donors (Lipinski definition) is 1. The fourth-order valence-electron chi connectivity index (χ4n) is 2.24. The molecule has 0 atom stereocenters. The van der Waals surface area contributed by atoms with Crippen molar-refractivity contribution in [3.05, 3.63) is 36.1 Å². The molecule has 130 valence electrons. The van der Waals surface area contributed by atoms with Gasteiger partial charge in [0.25, 0.3) is 5.91 Å². The summed E-state index contributed by atoms with van der Waals surface area (Å²) >= 11 is 6.34. The summed E-state index contributed by atoms with van der Waals surface area (Å²) in [5, 5.41) is 3.36. The van der Waals surface area contributed by atoms with Gasteiger partial charge in [-0.1, -0.05) is 42.2 Å². The van der Waals surface area contributed by atoms with Crippen molar-refractivity contribution < 1.29 is 23.5 Å². The quantitative estimate of drug-likeness (QED) is 0.603. The van der Waals surface area contributed by atoms with E-state index in [-0.39, 0.29) is 18.2 Å². The Kier molecular flexibility index (Phi) is 5.34. The minimum Gasteiger partial charge on any atom is -0.450 e. The van der Waals surface area contributed by atoms with Gasteiger partial charge in [0.1, 0.15) is 9.90 Å². The topological polar surface area (TPSA) is 88.8 Å². The number of thiocarbonyl (C=S) groups is 1. The molecule has 0 spiro atoms. The van der Waals surface area contributed by atoms with Crippen molar-refractivity contribution in [2.75, 3.05) is 25.4 Å². The van der Waals surface area contributed by atoms with Crippen LogP contribution in [0.15, 0.2) is 34.7 Å². The van der Waals surface area contributed by atoms with Crippen LogP contribution in [0, 0.1) is 0 Å². The minimum absolute atomic E-state index is 0.0408. The van der Waals surface area contributed by atoms with Crippen molar-refractivity contribution in [3.8, 4) is 0 Å². The molecule has 2 amide bonds. The molecule has 0 unspecified atom stereocenters. The van der Waals surface area contributed by atoms with Crippen LogP contribution in [0.3, 0.4) is 0 Å². The molecule has 3 rings (SSSR count). The Hall–Kier alpha value is -2.39. The third-order valence-electron chi connectivity index (χ3n) is 3.46. The highest BCUT2D eigenvalue weighted by atomic mass is 32.2. The molecule has 0 saturated carbocycles. The summed E-state index contributed by atoms with van der Waals surface area (Å²) in [5.74, 6) is -0.866. The maximum Gasteiger partial charge on any atom is 0.374 e. The number of nitrogens with one attached hydrogen (secondary N) is 1. The number of fused-ring (bicyclic) bond motifs is 1. The maximum absolute atomic E-state index is 11.9. The Morgan fingerprint density at radius 3 is 2.88 bits per heavy atom. The molecule has 1 fully saturated rings. The molecule has 2 aromatic rings. The number of amides is 2. The van der Waals surface area contributed by atoms with Crippen LogP contribution in [-0.4, -0.2) is 52.5 Å². The zero-order valence-electron chi connectivity index (χ0n) is 13.0. The van der Waals surface area contributed by atoms with E-state index in [1.54, 1.807) is 18.2 Å². The van der Waals surface area contributed by atoms with Crippen molar-refractivity contribution >= 4 is 57.1 Å². The smallest absolute Gasteiger partial charge is 0.374 e. The number of benzene rings is 1. The van der Waals surface area contributed by atoms with Crippen molar-refractivity contribution in [2.24, 2.45) is 0 Å². The van der Waals surface area contributed by atoms with E-state index in [0.717, 1.165) is 5.39 Å². The molecule has 1 aliphatic rings. The molecule has 0 aliphatic carbocycles. The summed E-state index contributed by atoms with van der Waals surface area (Å²) in [6.45, 7) is 0.102. The fraction of sp³-hybridized carbons (Fsp3) is 0.250. The Balaban J connectivity index is 1.43. The fourth-order valence-corrected chi connectivity index (χ4v) is 3.36. The van der Waals surface area contributed by atoms with Crippen molar-refractivity contribution in [3.63, 3.8) is 0 Å². The van der Waals surface area contributed by atoms with Crippen molar-refractivity contribution in [2.45, 2.75) is 0 Å². The summed E-state index contributed by atoms with van der Waals surface area (Å²) < 4.78 is 10.8.